The SMILES string of the molecule is CCOC(=O)C(N)C(CC)CC. The number of hydrogen-bond donors (Lipinski definition) is 1. The first-order valence-corrected chi connectivity index (χ1v) is 4.59. The van der Waals surface area contributed by atoms with Crippen LogP contribution in [0.4, 0.5) is 0 Å². The highest BCUT2D eigenvalue weighted by atomic mass is 16.5. The van der Waals surface area contributed by atoms with Gasteiger partial charge in [0.25, 0.3) is 0 Å². The predicted molar refractivity (Wildman–Crippen MR) is 48.7 cm³/mol. The van der Waals surface area contributed by atoms with E-state index in [9.17, 15) is 4.79 Å². The van der Waals surface area contributed by atoms with Crippen molar-refractivity contribution in [3.8, 4) is 0 Å². The van der Waals surface area contributed by atoms with E-state index in [1.54, 1.807) is 6.92 Å². The molecule has 72 valence electrons. The minimum atomic E-state index is -0.444. The van der Waals surface area contributed by atoms with Crippen molar-refractivity contribution >= 4 is 5.97 Å². The Bertz CT molecular complexity index is 132. The highest BCUT2D eigenvalue weighted by Gasteiger charge is 2.22. The van der Waals surface area contributed by atoms with Crippen LogP contribution in [0.3, 0.4) is 0 Å². The molecule has 1 unspecified atom stereocenters. The topological polar surface area (TPSA) is 52.3 Å². The zero-order valence-corrected chi connectivity index (χ0v) is 8.17. The van der Waals surface area contributed by atoms with E-state index in [4.69, 9.17) is 10.5 Å². The van der Waals surface area contributed by atoms with Crippen LogP contribution in [0, 0.1) is 5.92 Å². The molecule has 3 heteroatoms. The van der Waals surface area contributed by atoms with Gasteiger partial charge in [-0.1, -0.05) is 26.7 Å². The lowest BCUT2D eigenvalue weighted by molar-refractivity contribution is -0.146. The molecule has 0 fully saturated rings. The lowest BCUT2D eigenvalue weighted by Gasteiger charge is -2.18. The predicted octanol–water partition coefficient (Wildman–Crippen LogP) is 1.31. The summed E-state index contributed by atoms with van der Waals surface area (Å²) in [7, 11) is 0. The summed E-state index contributed by atoms with van der Waals surface area (Å²) in [6.45, 7) is 6.27. The monoisotopic (exact) mass is 173 g/mol. The van der Waals surface area contributed by atoms with Crippen LogP contribution >= 0.6 is 0 Å². The summed E-state index contributed by atoms with van der Waals surface area (Å²) in [4.78, 5) is 11.2. The molecule has 3 nitrogen and oxygen atoms in total. The Kier molecular flexibility index (Phi) is 5.72. The molecule has 0 bridgehead atoms. The Morgan fingerprint density at radius 1 is 1.33 bits per heavy atom. The van der Waals surface area contributed by atoms with Crippen LogP contribution in [0.5, 0.6) is 0 Å². The van der Waals surface area contributed by atoms with E-state index in [2.05, 4.69) is 0 Å². The maximum absolute atomic E-state index is 11.2. The molecule has 0 amide bonds. The van der Waals surface area contributed by atoms with Gasteiger partial charge in [-0.05, 0) is 12.8 Å². The number of rotatable bonds is 5. The standard InChI is InChI=1S/C9H19NO2/c1-4-7(5-2)8(10)9(11)12-6-3/h7-8H,4-6,10H2,1-3H3. The molecule has 0 radical (unpaired) electrons. The minimum Gasteiger partial charge on any atom is -0.465 e. The van der Waals surface area contributed by atoms with Gasteiger partial charge in [0.05, 0.1) is 6.61 Å². The first kappa shape index (κ1) is 11.4. The molecule has 0 aromatic carbocycles. The van der Waals surface area contributed by atoms with Gasteiger partial charge in [0, 0.05) is 0 Å². The number of nitrogens with two attached hydrogens (primary N) is 1. The van der Waals surface area contributed by atoms with Gasteiger partial charge in [-0.15, -0.1) is 0 Å². The lowest BCUT2D eigenvalue weighted by Crippen LogP contribution is -2.39. The van der Waals surface area contributed by atoms with Gasteiger partial charge >= 0.3 is 5.97 Å². The molecule has 0 saturated carbocycles. The second-order valence-electron chi connectivity index (χ2n) is 2.85. The quantitative estimate of drug-likeness (QED) is 0.638. The largest absolute Gasteiger partial charge is 0.465 e. The Labute approximate surface area is 74.3 Å². The number of carbonyl (C=O) groups excluding carboxylic acids is 1. The average molecular weight is 173 g/mol. The second-order valence-corrected chi connectivity index (χ2v) is 2.85. The van der Waals surface area contributed by atoms with Crippen molar-refractivity contribution in [3.63, 3.8) is 0 Å². The maximum atomic E-state index is 11.2. The average Bonchev–Trinajstić information content (AvgIpc) is 2.07. The molecule has 2 N–H and O–H groups in total. The fraction of sp³-hybridized carbons (Fsp3) is 0.889. The maximum Gasteiger partial charge on any atom is 0.323 e. The van der Waals surface area contributed by atoms with Gasteiger partial charge in [0.2, 0.25) is 0 Å². The first-order valence-electron chi connectivity index (χ1n) is 4.59. The van der Waals surface area contributed by atoms with E-state index in [0.717, 1.165) is 12.8 Å². The Morgan fingerprint density at radius 2 is 1.83 bits per heavy atom. The van der Waals surface area contributed by atoms with E-state index in [1.807, 2.05) is 13.8 Å². The summed E-state index contributed by atoms with van der Waals surface area (Å²) >= 11 is 0. The molecule has 0 rings (SSSR count). The van der Waals surface area contributed by atoms with Crippen LogP contribution < -0.4 is 5.73 Å². The normalized spacial score (nSPS) is 13.1. The fourth-order valence-corrected chi connectivity index (χ4v) is 1.23. The molecule has 0 aliphatic carbocycles. The summed E-state index contributed by atoms with van der Waals surface area (Å²) in [6, 6.07) is -0.444. The molecule has 0 saturated heterocycles. The molecular weight excluding hydrogens is 154 g/mol. The van der Waals surface area contributed by atoms with Crippen molar-refractivity contribution in [2.45, 2.75) is 39.7 Å². The van der Waals surface area contributed by atoms with E-state index >= 15 is 0 Å². The van der Waals surface area contributed by atoms with E-state index in [1.165, 1.54) is 0 Å². The van der Waals surface area contributed by atoms with Crippen LogP contribution in [0.15, 0.2) is 0 Å². The third kappa shape index (κ3) is 3.22. The van der Waals surface area contributed by atoms with E-state index < -0.39 is 6.04 Å². The number of esters is 1. The highest BCUT2D eigenvalue weighted by Crippen LogP contribution is 2.12. The number of hydrogen-bond acceptors (Lipinski definition) is 3. The lowest BCUT2D eigenvalue weighted by atomic mass is 9.95. The Morgan fingerprint density at radius 3 is 2.17 bits per heavy atom. The zero-order chi connectivity index (χ0) is 9.56. The van der Waals surface area contributed by atoms with Crippen LogP contribution in [0.1, 0.15) is 33.6 Å². The van der Waals surface area contributed by atoms with Gasteiger partial charge in [0.1, 0.15) is 6.04 Å². The van der Waals surface area contributed by atoms with Crippen LogP contribution in [0.2, 0.25) is 0 Å². The van der Waals surface area contributed by atoms with Gasteiger partial charge in [-0.3, -0.25) is 4.79 Å². The van der Waals surface area contributed by atoms with Gasteiger partial charge in [-0.25, -0.2) is 0 Å². The Balaban J connectivity index is 3.96. The highest BCUT2D eigenvalue weighted by molar-refractivity contribution is 5.75. The Hall–Kier alpha value is -0.570. The van der Waals surface area contributed by atoms with E-state index in [-0.39, 0.29) is 11.9 Å². The summed E-state index contributed by atoms with van der Waals surface area (Å²) in [5.41, 5.74) is 5.69. The van der Waals surface area contributed by atoms with Crippen LogP contribution in [0.25, 0.3) is 0 Å². The third-order valence-electron chi connectivity index (χ3n) is 2.12. The molecule has 0 aliphatic rings. The van der Waals surface area contributed by atoms with Crippen molar-refractivity contribution in [2.24, 2.45) is 11.7 Å². The summed E-state index contributed by atoms with van der Waals surface area (Å²) in [5, 5.41) is 0. The molecule has 0 aromatic heterocycles. The molecule has 0 aromatic rings. The minimum absolute atomic E-state index is 0.254. The van der Waals surface area contributed by atoms with Gasteiger partial charge < -0.3 is 10.5 Å². The number of carbonyl (C=O) groups is 1. The van der Waals surface area contributed by atoms with Crippen LogP contribution in [-0.4, -0.2) is 18.6 Å². The van der Waals surface area contributed by atoms with Crippen LogP contribution in [-0.2, 0) is 9.53 Å². The number of ether oxygens (including phenoxy) is 1. The van der Waals surface area contributed by atoms with Crippen molar-refractivity contribution in [3.05, 3.63) is 0 Å². The molecular formula is C9H19NO2. The first-order chi connectivity index (χ1) is 5.67. The van der Waals surface area contributed by atoms with Gasteiger partial charge in [0.15, 0.2) is 0 Å². The molecule has 0 spiro atoms. The smallest absolute Gasteiger partial charge is 0.323 e. The molecule has 12 heavy (non-hydrogen) atoms. The van der Waals surface area contributed by atoms with Crippen molar-refractivity contribution < 1.29 is 9.53 Å². The van der Waals surface area contributed by atoms with Crippen molar-refractivity contribution in [1.29, 1.82) is 0 Å². The molecule has 0 aliphatic heterocycles. The summed E-state index contributed by atoms with van der Waals surface area (Å²) < 4.78 is 4.82. The fourth-order valence-electron chi connectivity index (χ4n) is 1.23. The van der Waals surface area contributed by atoms with E-state index in [0.29, 0.717) is 6.61 Å². The molecule has 0 heterocycles. The van der Waals surface area contributed by atoms with Crippen molar-refractivity contribution in [2.75, 3.05) is 6.61 Å². The summed E-state index contributed by atoms with van der Waals surface area (Å²) in [5.74, 6) is -0.0183. The second kappa shape index (κ2) is 6.00. The van der Waals surface area contributed by atoms with Gasteiger partial charge in [-0.2, -0.15) is 0 Å². The molecule has 1 atom stereocenters. The zero-order valence-electron chi connectivity index (χ0n) is 8.17. The summed E-state index contributed by atoms with van der Waals surface area (Å²) in [6.07, 6.45) is 1.85. The third-order valence-corrected chi connectivity index (χ3v) is 2.12. The van der Waals surface area contributed by atoms with Crippen molar-refractivity contribution in [1.82, 2.24) is 0 Å².